The van der Waals surface area contributed by atoms with E-state index in [2.05, 4.69) is 17.0 Å². The quantitative estimate of drug-likeness (QED) is 0.746. The number of nitrogens with zero attached hydrogens (tertiary/aromatic N) is 4. The van der Waals surface area contributed by atoms with Crippen molar-refractivity contribution < 1.29 is 4.79 Å². The number of carbonyl (C=O) groups is 1. The molecule has 0 aromatic carbocycles. The fourth-order valence-corrected chi connectivity index (χ4v) is 2.09. The van der Waals surface area contributed by atoms with E-state index in [9.17, 15) is 4.79 Å². The lowest BCUT2D eigenvalue weighted by Gasteiger charge is -2.37. The molecule has 17 heavy (non-hydrogen) atoms. The number of piperazine rings is 1. The van der Waals surface area contributed by atoms with Gasteiger partial charge in [0.2, 0.25) is 5.91 Å². The van der Waals surface area contributed by atoms with Gasteiger partial charge >= 0.3 is 0 Å². The van der Waals surface area contributed by atoms with Crippen molar-refractivity contribution in [2.24, 2.45) is 0 Å². The third kappa shape index (κ3) is 2.34. The Labute approximate surface area is 102 Å². The summed E-state index contributed by atoms with van der Waals surface area (Å²) in [5.74, 6) is 0.148. The Balaban J connectivity index is 2.09. The highest BCUT2D eigenvalue weighted by atomic mass is 16.2. The number of hydrogen-bond donors (Lipinski definition) is 0. The van der Waals surface area contributed by atoms with Crippen molar-refractivity contribution in [3.05, 3.63) is 18.5 Å². The largest absolute Gasteiger partial charge is 0.338 e. The summed E-state index contributed by atoms with van der Waals surface area (Å²) in [6, 6.07) is 1.85. The molecule has 1 fully saturated rings. The van der Waals surface area contributed by atoms with Crippen LogP contribution < -0.4 is 0 Å². The fraction of sp³-hybridized carbons (Fsp3) is 0.667. The second kappa shape index (κ2) is 4.49. The molecule has 1 aromatic rings. The maximum absolute atomic E-state index is 12.5. The van der Waals surface area contributed by atoms with Crippen LogP contribution in [-0.2, 0) is 10.3 Å². The fourth-order valence-electron chi connectivity index (χ4n) is 2.09. The second-order valence-corrected chi connectivity index (χ2v) is 5.11. The molecular formula is C12H20N4O. The Morgan fingerprint density at radius 3 is 2.41 bits per heavy atom. The first kappa shape index (κ1) is 12.1. The molecule has 0 unspecified atom stereocenters. The number of amides is 1. The van der Waals surface area contributed by atoms with E-state index in [1.54, 1.807) is 10.9 Å². The zero-order valence-corrected chi connectivity index (χ0v) is 10.8. The molecule has 1 aliphatic heterocycles. The molecule has 1 aromatic heterocycles. The first-order valence-corrected chi connectivity index (χ1v) is 6.00. The zero-order valence-electron chi connectivity index (χ0n) is 10.8. The summed E-state index contributed by atoms with van der Waals surface area (Å²) in [5, 5.41) is 4.18. The molecule has 94 valence electrons. The first-order chi connectivity index (χ1) is 8.01. The van der Waals surface area contributed by atoms with Crippen LogP contribution in [0.5, 0.6) is 0 Å². The van der Waals surface area contributed by atoms with Gasteiger partial charge in [-0.3, -0.25) is 9.48 Å². The van der Waals surface area contributed by atoms with Crippen molar-refractivity contribution in [3.8, 4) is 0 Å². The zero-order chi connectivity index (χ0) is 12.5. The van der Waals surface area contributed by atoms with Gasteiger partial charge in [0.1, 0.15) is 5.54 Å². The smallest absolute Gasteiger partial charge is 0.250 e. The van der Waals surface area contributed by atoms with Crippen LogP contribution in [0, 0.1) is 0 Å². The summed E-state index contributed by atoms with van der Waals surface area (Å²) in [6.45, 7) is 7.34. The molecule has 0 saturated carbocycles. The molecule has 0 bridgehead atoms. The molecule has 0 atom stereocenters. The Morgan fingerprint density at radius 2 is 1.88 bits per heavy atom. The van der Waals surface area contributed by atoms with Crippen LogP contribution in [0.3, 0.4) is 0 Å². The van der Waals surface area contributed by atoms with Crippen molar-refractivity contribution in [2.45, 2.75) is 19.4 Å². The van der Waals surface area contributed by atoms with E-state index in [1.807, 2.05) is 31.0 Å². The average Bonchev–Trinajstić information content (AvgIpc) is 2.83. The summed E-state index contributed by atoms with van der Waals surface area (Å²) < 4.78 is 1.73. The molecule has 0 aliphatic carbocycles. The number of aromatic nitrogens is 2. The second-order valence-electron chi connectivity index (χ2n) is 5.11. The molecule has 0 N–H and O–H groups in total. The Hall–Kier alpha value is -1.36. The van der Waals surface area contributed by atoms with Crippen LogP contribution in [-0.4, -0.2) is 58.7 Å². The van der Waals surface area contributed by atoms with E-state index in [0.29, 0.717) is 0 Å². The van der Waals surface area contributed by atoms with Crippen LogP contribution in [0.15, 0.2) is 18.5 Å². The third-order valence-electron chi connectivity index (χ3n) is 3.39. The van der Waals surface area contributed by atoms with Crippen LogP contribution in [0.4, 0.5) is 0 Å². The van der Waals surface area contributed by atoms with Crippen LogP contribution in [0.25, 0.3) is 0 Å². The summed E-state index contributed by atoms with van der Waals surface area (Å²) in [6.07, 6.45) is 3.55. The van der Waals surface area contributed by atoms with Gasteiger partial charge in [-0.2, -0.15) is 5.10 Å². The highest BCUT2D eigenvalue weighted by Gasteiger charge is 2.35. The Bertz CT molecular complexity index is 377. The summed E-state index contributed by atoms with van der Waals surface area (Å²) >= 11 is 0. The van der Waals surface area contributed by atoms with Crippen molar-refractivity contribution in [3.63, 3.8) is 0 Å². The lowest BCUT2D eigenvalue weighted by Crippen LogP contribution is -2.54. The van der Waals surface area contributed by atoms with E-state index >= 15 is 0 Å². The number of rotatable bonds is 2. The minimum Gasteiger partial charge on any atom is -0.338 e. The molecule has 2 rings (SSSR count). The molecule has 0 spiro atoms. The monoisotopic (exact) mass is 236 g/mol. The standard InChI is InChI=1S/C12H20N4O/c1-12(2,16-6-4-5-13-16)11(17)15-9-7-14(3)8-10-15/h4-6H,7-10H2,1-3H3. The number of hydrogen-bond acceptors (Lipinski definition) is 3. The van der Waals surface area contributed by atoms with Crippen LogP contribution in [0.2, 0.25) is 0 Å². The molecule has 1 saturated heterocycles. The number of carbonyl (C=O) groups excluding carboxylic acids is 1. The van der Waals surface area contributed by atoms with E-state index in [1.165, 1.54) is 0 Å². The maximum atomic E-state index is 12.5. The van der Waals surface area contributed by atoms with Gasteiger partial charge < -0.3 is 9.80 Å². The predicted octanol–water partition coefficient (Wildman–Crippen LogP) is 0.392. The SMILES string of the molecule is CN1CCN(C(=O)C(C)(C)n2cccn2)CC1. The molecule has 0 radical (unpaired) electrons. The molecule has 5 heteroatoms. The highest BCUT2D eigenvalue weighted by molar-refractivity contribution is 5.83. The van der Waals surface area contributed by atoms with Crippen molar-refractivity contribution in [2.75, 3.05) is 33.2 Å². The molecular weight excluding hydrogens is 216 g/mol. The predicted molar refractivity (Wildman–Crippen MR) is 65.6 cm³/mol. The van der Waals surface area contributed by atoms with Crippen LogP contribution >= 0.6 is 0 Å². The van der Waals surface area contributed by atoms with Crippen molar-refractivity contribution >= 4 is 5.91 Å². The molecule has 1 aliphatic rings. The lowest BCUT2D eigenvalue weighted by molar-refractivity contribution is -0.141. The van der Waals surface area contributed by atoms with Gasteiger partial charge in [0, 0.05) is 38.6 Å². The van der Waals surface area contributed by atoms with Gasteiger partial charge in [0.05, 0.1) is 0 Å². The van der Waals surface area contributed by atoms with Gasteiger partial charge in [-0.25, -0.2) is 0 Å². The van der Waals surface area contributed by atoms with Gasteiger partial charge in [0.25, 0.3) is 0 Å². The van der Waals surface area contributed by atoms with Crippen molar-refractivity contribution in [1.82, 2.24) is 19.6 Å². The van der Waals surface area contributed by atoms with E-state index in [0.717, 1.165) is 26.2 Å². The Morgan fingerprint density at radius 1 is 1.24 bits per heavy atom. The molecule has 1 amide bonds. The van der Waals surface area contributed by atoms with Gasteiger partial charge in [0.15, 0.2) is 0 Å². The lowest BCUT2D eigenvalue weighted by atomic mass is 10.0. The minimum atomic E-state index is -0.598. The van der Waals surface area contributed by atoms with Gasteiger partial charge in [-0.15, -0.1) is 0 Å². The van der Waals surface area contributed by atoms with Crippen molar-refractivity contribution in [1.29, 1.82) is 0 Å². The average molecular weight is 236 g/mol. The van der Waals surface area contributed by atoms with E-state index in [4.69, 9.17) is 0 Å². The molecule has 2 heterocycles. The topological polar surface area (TPSA) is 41.4 Å². The van der Waals surface area contributed by atoms with Gasteiger partial charge in [-0.05, 0) is 27.0 Å². The Kier molecular flexibility index (Phi) is 3.19. The number of likely N-dealkylation sites (N-methyl/N-ethyl adjacent to an activating group) is 1. The van der Waals surface area contributed by atoms with Gasteiger partial charge in [-0.1, -0.05) is 0 Å². The normalized spacial score (nSPS) is 18.4. The minimum absolute atomic E-state index is 0.148. The van der Waals surface area contributed by atoms with E-state index < -0.39 is 5.54 Å². The summed E-state index contributed by atoms with van der Waals surface area (Å²) in [7, 11) is 2.08. The van der Waals surface area contributed by atoms with Crippen LogP contribution in [0.1, 0.15) is 13.8 Å². The summed E-state index contributed by atoms with van der Waals surface area (Å²) in [4.78, 5) is 16.6. The molecule has 5 nitrogen and oxygen atoms in total. The first-order valence-electron chi connectivity index (χ1n) is 6.00. The maximum Gasteiger partial charge on any atom is 0.250 e. The third-order valence-corrected chi connectivity index (χ3v) is 3.39. The highest BCUT2D eigenvalue weighted by Crippen LogP contribution is 2.18. The van der Waals surface area contributed by atoms with E-state index in [-0.39, 0.29) is 5.91 Å². The summed E-state index contributed by atoms with van der Waals surface area (Å²) in [5.41, 5.74) is -0.598.